The van der Waals surface area contributed by atoms with Crippen LogP contribution in [0.3, 0.4) is 0 Å². The minimum atomic E-state index is -0.854. The highest BCUT2D eigenvalue weighted by molar-refractivity contribution is 7.82. The fraction of sp³-hybridized carbons (Fsp3) is 1.00. The first-order valence-corrected chi connectivity index (χ1v) is 5.83. The van der Waals surface area contributed by atoms with Gasteiger partial charge in [0, 0.05) is 18.8 Å². The topological polar surface area (TPSA) is 40.5 Å². The van der Waals surface area contributed by atoms with Crippen LogP contribution in [0.2, 0.25) is 0 Å². The Morgan fingerprint density at radius 2 is 2.42 bits per heavy atom. The van der Waals surface area contributed by atoms with Crippen molar-refractivity contribution in [3.63, 3.8) is 0 Å². The lowest BCUT2D eigenvalue weighted by Gasteiger charge is -2.28. The molecule has 0 bridgehead atoms. The minimum Gasteiger partial charge on any atom is -0.392 e. The van der Waals surface area contributed by atoms with E-state index in [2.05, 4.69) is 0 Å². The molecule has 0 spiro atoms. The van der Waals surface area contributed by atoms with Crippen molar-refractivity contribution in [2.75, 3.05) is 18.8 Å². The molecule has 1 aliphatic heterocycles. The third kappa shape index (κ3) is 2.84. The van der Waals surface area contributed by atoms with Gasteiger partial charge in [-0.1, -0.05) is 6.92 Å². The number of rotatable bonds is 3. The minimum absolute atomic E-state index is 0.264. The molecule has 0 amide bonds. The SMILES string of the molecule is CCCS(=O)N1CCC[C@H](O)C1. The number of hydrogen-bond donors (Lipinski definition) is 1. The highest BCUT2D eigenvalue weighted by Crippen LogP contribution is 2.11. The molecule has 0 saturated carbocycles. The standard InChI is InChI=1S/C8H17NO2S/c1-2-6-12(11)9-5-3-4-8(10)7-9/h8,10H,2-7H2,1H3/t8-,12?/m0/s1. The second-order valence-corrected chi connectivity index (χ2v) is 4.78. The van der Waals surface area contributed by atoms with E-state index < -0.39 is 11.0 Å². The van der Waals surface area contributed by atoms with Crippen molar-refractivity contribution in [3.8, 4) is 0 Å². The van der Waals surface area contributed by atoms with E-state index in [-0.39, 0.29) is 6.10 Å². The van der Waals surface area contributed by atoms with Gasteiger partial charge >= 0.3 is 0 Å². The Bertz CT molecular complexity index is 163. The van der Waals surface area contributed by atoms with Gasteiger partial charge in [0.05, 0.1) is 17.1 Å². The zero-order valence-electron chi connectivity index (χ0n) is 7.53. The lowest BCUT2D eigenvalue weighted by atomic mass is 10.1. The van der Waals surface area contributed by atoms with Crippen LogP contribution in [0.15, 0.2) is 0 Å². The quantitative estimate of drug-likeness (QED) is 0.706. The molecule has 1 aliphatic rings. The summed E-state index contributed by atoms with van der Waals surface area (Å²) < 4.78 is 13.4. The van der Waals surface area contributed by atoms with E-state index in [1.54, 1.807) is 0 Å². The highest BCUT2D eigenvalue weighted by Gasteiger charge is 2.21. The number of hydrogen-bond acceptors (Lipinski definition) is 2. The van der Waals surface area contributed by atoms with Crippen molar-refractivity contribution in [2.45, 2.75) is 32.3 Å². The Morgan fingerprint density at radius 3 is 3.00 bits per heavy atom. The van der Waals surface area contributed by atoms with E-state index in [1.165, 1.54) is 0 Å². The summed E-state index contributed by atoms with van der Waals surface area (Å²) in [5.41, 5.74) is 0. The third-order valence-electron chi connectivity index (χ3n) is 2.03. The van der Waals surface area contributed by atoms with Crippen LogP contribution < -0.4 is 0 Å². The van der Waals surface area contributed by atoms with E-state index in [1.807, 2.05) is 11.2 Å². The molecule has 0 aliphatic carbocycles. The first kappa shape index (κ1) is 10.2. The fourth-order valence-electron chi connectivity index (χ4n) is 1.41. The Kier molecular flexibility index (Phi) is 4.18. The van der Waals surface area contributed by atoms with Crippen molar-refractivity contribution < 1.29 is 9.32 Å². The summed E-state index contributed by atoms with van der Waals surface area (Å²) >= 11 is 0. The van der Waals surface area contributed by atoms with Gasteiger partial charge in [-0.2, -0.15) is 0 Å². The predicted octanol–water partition coefficient (Wildman–Crippen LogP) is 0.517. The molecule has 2 atom stereocenters. The smallest absolute Gasteiger partial charge is 0.0943 e. The van der Waals surface area contributed by atoms with Gasteiger partial charge in [0.15, 0.2) is 0 Å². The first-order valence-electron chi connectivity index (χ1n) is 4.55. The van der Waals surface area contributed by atoms with Crippen LogP contribution in [0, 0.1) is 0 Å². The summed E-state index contributed by atoms with van der Waals surface area (Å²) in [6.07, 6.45) is 2.51. The lowest BCUT2D eigenvalue weighted by Crippen LogP contribution is -2.40. The van der Waals surface area contributed by atoms with Crippen LogP contribution in [-0.2, 0) is 11.0 Å². The second kappa shape index (κ2) is 4.94. The molecule has 1 unspecified atom stereocenters. The molecule has 3 nitrogen and oxygen atoms in total. The monoisotopic (exact) mass is 191 g/mol. The van der Waals surface area contributed by atoms with Crippen LogP contribution in [-0.4, -0.2) is 38.6 Å². The lowest BCUT2D eigenvalue weighted by molar-refractivity contribution is 0.110. The highest BCUT2D eigenvalue weighted by atomic mass is 32.2. The number of β-amino-alcohol motifs (C(OH)–C–C–N with tert-alkyl or cyclic N) is 1. The number of aliphatic hydroxyl groups excluding tert-OH is 1. The maximum Gasteiger partial charge on any atom is 0.0943 e. The van der Waals surface area contributed by atoms with Gasteiger partial charge in [-0.25, -0.2) is 8.51 Å². The molecule has 0 aromatic carbocycles. The van der Waals surface area contributed by atoms with Gasteiger partial charge in [0.2, 0.25) is 0 Å². The molecule has 1 fully saturated rings. The molecular formula is C8H17NO2S. The zero-order valence-corrected chi connectivity index (χ0v) is 8.35. The van der Waals surface area contributed by atoms with Crippen LogP contribution in [0.5, 0.6) is 0 Å². The first-order chi connectivity index (χ1) is 5.74. The molecule has 1 heterocycles. The molecule has 12 heavy (non-hydrogen) atoms. The number of piperidine rings is 1. The van der Waals surface area contributed by atoms with Gasteiger partial charge in [-0.05, 0) is 19.3 Å². The second-order valence-electron chi connectivity index (χ2n) is 3.21. The summed E-state index contributed by atoms with van der Waals surface area (Å²) in [6, 6.07) is 0. The van der Waals surface area contributed by atoms with Crippen molar-refractivity contribution in [1.82, 2.24) is 4.31 Å². The molecule has 72 valence electrons. The van der Waals surface area contributed by atoms with E-state index in [0.29, 0.717) is 6.54 Å². The zero-order chi connectivity index (χ0) is 8.97. The van der Waals surface area contributed by atoms with Gasteiger partial charge in [0.25, 0.3) is 0 Å². The Hall–Kier alpha value is 0.0700. The molecule has 1 rings (SSSR count). The van der Waals surface area contributed by atoms with E-state index >= 15 is 0 Å². The van der Waals surface area contributed by atoms with Gasteiger partial charge in [-0.3, -0.25) is 0 Å². The van der Waals surface area contributed by atoms with Crippen LogP contribution >= 0.6 is 0 Å². The summed E-state index contributed by atoms with van der Waals surface area (Å²) in [4.78, 5) is 0. The molecule has 0 aromatic heterocycles. The third-order valence-corrected chi connectivity index (χ3v) is 3.69. The van der Waals surface area contributed by atoms with Crippen molar-refractivity contribution in [1.29, 1.82) is 0 Å². The summed E-state index contributed by atoms with van der Waals surface area (Å²) in [7, 11) is -0.854. The molecule has 0 radical (unpaired) electrons. The molecule has 1 N–H and O–H groups in total. The Labute approximate surface area is 76.4 Å². The maximum atomic E-state index is 11.5. The van der Waals surface area contributed by atoms with Crippen LogP contribution in [0.25, 0.3) is 0 Å². The van der Waals surface area contributed by atoms with Crippen molar-refractivity contribution in [2.24, 2.45) is 0 Å². The van der Waals surface area contributed by atoms with Gasteiger partial charge < -0.3 is 5.11 Å². The van der Waals surface area contributed by atoms with Crippen molar-refractivity contribution in [3.05, 3.63) is 0 Å². The average molecular weight is 191 g/mol. The van der Waals surface area contributed by atoms with E-state index in [0.717, 1.165) is 31.6 Å². The van der Waals surface area contributed by atoms with Crippen LogP contribution in [0.4, 0.5) is 0 Å². The fourth-order valence-corrected chi connectivity index (χ4v) is 2.69. The molecule has 4 heteroatoms. The Balaban J connectivity index is 2.35. The summed E-state index contributed by atoms with van der Waals surface area (Å²) in [5, 5.41) is 9.32. The summed E-state index contributed by atoms with van der Waals surface area (Å²) in [6.45, 7) is 3.49. The average Bonchev–Trinajstić information content (AvgIpc) is 2.05. The number of nitrogens with zero attached hydrogens (tertiary/aromatic N) is 1. The van der Waals surface area contributed by atoms with E-state index in [9.17, 15) is 9.32 Å². The molecular weight excluding hydrogens is 174 g/mol. The van der Waals surface area contributed by atoms with Gasteiger partial charge in [0.1, 0.15) is 0 Å². The van der Waals surface area contributed by atoms with Gasteiger partial charge in [-0.15, -0.1) is 0 Å². The summed E-state index contributed by atoms with van der Waals surface area (Å²) in [5.74, 6) is 0.729. The maximum absolute atomic E-state index is 11.5. The van der Waals surface area contributed by atoms with E-state index in [4.69, 9.17) is 0 Å². The normalized spacial score (nSPS) is 28.7. The van der Waals surface area contributed by atoms with Crippen molar-refractivity contribution >= 4 is 11.0 Å². The number of aliphatic hydroxyl groups is 1. The largest absolute Gasteiger partial charge is 0.392 e. The van der Waals surface area contributed by atoms with Crippen LogP contribution in [0.1, 0.15) is 26.2 Å². The molecule has 1 saturated heterocycles. The predicted molar refractivity (Wildman–Crippen MR) is 50.1 cm³/mol. The Morgan fingerprint density at radius 1 is 1.67 bits per heavy atom. The molecule has 0 aromatic rings.